The number of carbonyl (C=O) groups excluding carboxylic acids is 2. The number of unbranched alkanes of at least 4 members (excludes halogenated alkanes) is 14. The standard InChI is InChI=1S/C43H72O5/c1-3-5-7-9-11-13-15-16-17-18-19-20-21-22-23-24-25-26-28-30-32-34-36-38-43(46)48-41(39-44)40-47-42(45)37-35-33-31-29-27-14-12-10-8-6-4-2/h5,7,10-13,16-17,19-20,22-23,41,44H,3-4,6,8-9,14-15,18,21,24-40H2,1-2H3/b7-5-,12-10-,13-11-,17-16-,20-19-,23-22-. The summed E-state index contributed by atoms with van der Waals surface area (Å²) in [7, 11) is 0. The number of ether oxygens (including phenoxy) is 2. The molecule has 5 heteroatoms. The molecular formula is C43H72O5. The maximum atomic E-state index is 12.2. The van der Waals surface area contributed by atoms with Gasteiger partial charge in [-0.1, -0.05) is 151 Å². The molecule has 0 aliphatic rings. The average molecular weight is 669 g/mol. The molecule has 0 aliphatic carbocycles. The van der Waals surface area contributed by atoms with Crippen LogP contribution < -0.4 is 0 Å². The molecule has 0 aliphatic heterocycles. The summed E-state index contributed by atoms with van der Waals surface area (Å²) in [6.07, 6.45) is 51.0. The van der Waals surface area contributed by atoms with Gasteiger partial charge < -0.3 is 14.6 Å². The lowest BCUT2D eigenvalue weighted by molar-refractivity contribution is -0.161. The molecule has 274 valence electrons. The Hall–Kier alpha value is -2.66. The Bertz CT molecular complexity index is 895. The van der Waals surface area contributed by atoms with Crippen LogP contribution in [-0.4, -0.2) is 36.4 Å². The lowest BCUT2D eigenvalue weighted by Gasteiger charge is -2.15. The Labute approximate surface area is 295 Å². The molecule has 0 rings (SSSR count). The maximum absolute atomic E-state index is 12.2. The van der Waals surface area contributed by atoms with Crippen molar-refractivity contribution in [3.8, 4) is 0 Å². The second-order valence-corrected chi connectivity index (χ2v) is 12.6. The molecule has 0 fully saturated rings. The lowest BCUT2D eigenvalue weighted by atomic mass is 10.1. The third-order valence-electron chi connectivity index (χ3n) is 7.98. The molecule has 0 radical (unpaired) electrons. The second kappa shape index (κ2) is 38.8. The fraction of sp³-hybridized carbons (Fsp3) is 0.674. The normalized spacial score (nSPS) is 13.0. The average Bonchev–Trinajstić information content (AvgIpc) is 3.09. The molecule has 0 spiro atoms. The highest BCUT2D eigenvalue weighted by Crippen LogP contribution is 2.12. The monoisotopic (exact) mass is 669 g/mol. The number of carbonyl (C=O) groups is 2. The van der Waals surface area contributed by atoms with Gasteiger partial charge in [0.1, 0.15) is 6.61 Å². The van der Waals surface area contributed by atoms with Gasteiger partial charge >= 0.3 is 11.9 Å². The van der Waals surface area contributed by atoms with Crippen LogP contribution in [0.4, 0.5) is 0 Å². The van der Waals surface area contributed by atoms with E-state index < -0.39 is 6.10 Å². The van der Waals surface area contributed by atoms with E-state index in [4.69, 9.17) is 9.47 Å². The minimum absolute atomic E-state index is 0.0783. The van der Waals surface area contributed by atoms with Crippen LogP contribution >= 0.6 is 0 Å². The number of hydrogen-bond donors (Lipinski definition) is 1. The van der Waals surface area contributed by atoms with Crippen molar-refractivity contribution < 1.29 is 24.2 Å². The molecule has 0 aromatic carbocycles. The quantitative estimate of drug-likeness (QED) is 0.0420. The fourth-order valence-electron chi connectivity index (χ4n) is 5.03. The zero-order valence-electron chi connectivity index (χ0n) is 31.0. The molecule has 0 heterocycles. The van der Waals surface area contributed by atoms with Gasteiger partial charge in [0, 0.05) is 12.8 Å². The van der Waals surface area contributed by atoms with Gasteiger partial charge in [-0.25, -0.2) is 0 Å². The number of aliphatic hydroxyl groups excluding tert-OH is 1. The fourth-order valence-corrected chi connectivity index (χ4v) is 5.03. The van der Waals surface area contributed by atoms with Crippen molar-refractivity contribution in [3.05, 3.63) is 72.9 Å². The third kappa shape index (κ3) is 36.2. The van der Waals surface area contributed by atoms with Crippen molar-refractivity contribution in [2.75, 3.05) is 13.2 Å². The van der Waals surface area contributed by atoms with E-state index in [-0.39, 0.29) is 25.2 Å². The van der Waals surface area contributed by atoms with Crippen LogP contribution in [-0.2, 0) is 19.1 Å². The molecule has 0 bridgehead atoms. The molecule has 1 unspecified atom stereocenters. The van der Waals surface area contributed by atoms with Crippen molar-refractivity contribution in [1.82, 2.24) is 0 Å². The Morgan fingerprint density at radius 2 is 0.896 bits per heavy atom. The smallest absolute Gasteiger partial charge is 0.306 e. The van der Waals surface area contributed by atoms with Crippen LogP contribution in [0.1, 0.15) is 168 Å². The van der Waals surface area contributed by atoms with E-state index in [0.29, 0.717) is 12.8 Å². The summed E-state index contributed by atoms with van der Waals surface area (Å²) in [4.78, 5) is 24.2. The predicted octanol–water partition coefficient (Wildman–Crippen LogP) is 12.2. The highest BCUT2D eigenvalue weighted by molar-refractivity contribution is 5.70. The third-order valence-corrected chi connectivity index (χ3v) is 7.98. The van der Waals surface area contributed by atoms with Crippen molar-refractivity contribution >= 4 is 11.9 Å². The van der Waals surface area contributed by atoms with Crippen molar-refractivity contribution in [3.63, 3.8) is 0 Å². The minimum atomic E-state index is -0.783. The second-order valence-electron chi connectivity index (χ2n) is 12.6. The Kier molecular flexibility index (Phi) is 36.6. The topological polar surface area (TPSA) is 72.8 Å². The van der Waals surface area contributed by atoms with Gasteiger partial charge in [0.15, 0.2) is 6.10 Å². The summed E-state index contributed by atoms with van der Waals surface area (Å²) >= 11 is 0. The van der Waals surface area contributed by atoms with Crippen LogP contribution in [0.5, 0.6) is 0 Å². The summed E-state index contributed by atoms with van der Waals surface area (Å²) in [5.74, 6) is -0.622. The van der Waals surface area contributed by atoms with Crippen molar-refractivity contribution in [2.24, 2.45) is 0 Å². The molecule has 5 nitrogen and oxygen atoms in total. The van der Waals surface area contributed by atoms with Gasteiger partial charge in [0.2, 0.25) is 0 Å². The van der Waals surface area contributed by atoms with Gasteiger partial charge in [-0.05, 0) is 77.0 Å². The molecule has 0 amide bonds. The van der Waals surface area contributed by atoms with E-state index in [1.165, 1.54) is 57.8 Å². The van der Waals surface area contributed by atoms with Gasteiger partial charge in [0.25, 0.3) is 0 Å². The first-order chi connectivity index (χ1) is 23.6. The molecule has 0 saturated carbocycles. The van der Waals surface area contributed by atoms with Crippen LogP contribution in [0.2, 0.25) is 0 Å². The summed E-state index contributed by atoms with van der Waals surface area (Å²) in [5, 5.41) is 9.54. The predicted molar refractivity (Wildman–Crippen MR) is 205 cm³/mol. The van der Waals surface area contributed by atoms with Crippen LogP contribution in [0, 0.1) is 0 Å². The first-order valence-corrected chi connectivity index (χ1v) is 19.5. The van der Waals surface area contributed by atoms with Crippen LogP contribution in [0.15, 0.2) is 72.9 Å². The van der Waals surface area contributed by atoms with Crippen molar-refractivity contribution in [1.29, 1.82) is 0 Å². The molecule has 48 heavy (non-hydrogen) atoms. The number of allylic oxidation sites excluding steroid dienone is 12. The number of rotatable bonds is 34. The molecule has 0 saturated heterocycles. The Morgan fingerprint density at radius 1 is 0.500 bits per heavy atom. The molecule has 1 N–H and O–H groups in total. The van der Waals surface area contributed by atoms with Crippen LogP contribution in [0.3, 0.4) is 0 Å². The van der Waals surface area contributed by atoms with Gasteiger partial charge in [0.05, 0.1) is 6.61 Å². The van der Waals surface area contributed by atoms with E-state index in [2.05, 4.69) is 86.8 Å². The molecule has 1 atom stereocenters. The van der Waals surface area contributed by atoms with E-state index in [1.807, 2.05) is 0 Å². The summed E-state index contributed by atoms with van der Waals surface area (Å²) in [6, 6.07) is 0. The van der Waals surface area contributed by atoms with Gasteiger partial charge in [-0.15, -0.1) is 0 Å². The van der Waals surface area contributed by atoms with E-state index in [9.17, 15) is 14.7 Å². The lowest BCUT2D eigenvalue weighted by Crippen LogP contribution is -2.28. The highest BCUT2D eigenvalue weighted by atomic mass is 16.6. The number of esters is 2. The van der Waals surface area contributed by atoms with E-state index >= 15 is 0 Å². The summed E-state index contributed by atoms with van der Waals surface area (Å²) < 4.78 is 10.6. The first-order valence-electron chi connectivity index (χ1n) is 19.5. The van der Waals surface area contributed by atoms with Crippen LogP contribution in [0.25, 0.3) is 0 Å². The number of hydrogen-bond acceptors (Lipinski definition) is 5. The van der Waals surface area contributed by atoms with Gasteiger partial charge in [-0.3, -0.25) is 9.59 Å². The largest absolute Gasteiger partial charge is 0.462 e. The molecule has 0 aromatic heterocycles. The van der Waals surface area contributed by atoms with Gasteiger partial charge in [-0.2, -0.15) is 0 Å². The Morgan fingerprint density at radius 3 is 1.38 bits per heavy atom. The highest BCUT2D eigenvalue weighted by Gasteiger charge is 2.16. The zero-order chi connectivity index (χ0) is 35.0. The Balaban J connectivity index is 3.61. The molecular weight excluding hydrogens is 596 g/mol. The van der Waals surface area contributed by atoms with Crippen molar-refractivity contribution in [2.45, 2.75) is 174 Å². The van der Waals surface area contributed by atoms with E-state index in [1.54, 1.807) is 0 Å². The first kappa shape index (κ1) is 45.3. The van der Waals surface area contributed by atoms with E-state index in [0.717, 1.165) is 83.5 Å². The zero-order valence-corrected chi connectivity index (χ0v) is 31.0. The summed E-state index contributed by atoms with van der Waals surface area (Å²) in [6.45, 7) is 3.95. The minimum Gasteiger partial charge on any atom is -0.462 e. The molecule has 0 aromatic rings. The summed E-state index contributed by atoms with van der Waals surface area (Å²) in [5.41, 5.74) is 0. The maximum Gasteiger partial charge on any atom is 0.306 e. The number of aliphatic hydroxyl groups is 1. The SMILES string of the molecule is CC/C=C\C/C=C\C/C=C\C/C=C\C/C=C\CCCCCCCCCC(=O)OC(CO)COC(=O)CCCCCCC/C=C\CCCC.